The first-order chi connectivity index (χ1) is 17.8. The zero-order chi connectivity index (χ0) is 26.4. The summed E-state index contributed by atoms with van der Waals surface area (Å²) in [5.74, 6) is 1.28. The van der Waals surface area contributed by atoms with Crippen molar-refractivity contribution in [3.63, 3.8) is 0 Å². The first-order valence-corrected chi connectivity index (χ1v) is 12.3. The Balaban J connectivity index is 1.55. The summed E-state index contributed by atoms with van der Waals surface area (Å²) in [4.78, 5) is 24.0. The predicted molar refractivity (Wildman–Crippen MR) is 143 cm³/mol. The Morgan fingerprint density at radius 1 is 1.03 bits per heavy atom. The van der Waals surface area contributed by atoms with Crippen LogP contribution in [0.2, 0.25) is 0 Å². The summed E-state index contributed by atoms with van der Waals surface area (Å²) in [7, 11) is 0. The van der Waals surface area contributed by atoms with Gasteiger partial charge >= 0.3 is 0 Å². The van der Waals surface area contributed by atoms with E-state index < -0.39 is 5.60 Å². The second-order valence-electron chi connectivity index (χ2n) is 9.50. The number of benzene rings is 3. The summed E-state index contributed by atoms with van der Waals surface area (Å²) in [5, 5.41) is 12.8. The molecule has 7 heteroatoms. The van der Waals surface area contributed by atoms with Gasteiger partial charge in [0.2, 0.25) is 5.78 Å². The highest BCUT2D eigenvalue weighted by Gasteiger charge is 2.26. The number of rotatable bonds is 11. The highest BCUT2D eigenvalue weighted by molar-refractivity contribution is 6.00. The second kappa shape index (κ2) is 11.4. The van der Waals surface area contributed by atoms with E-state index in [1.54, 1.807) is 42.5 Å². The fourth-order valence-electron chi connectivity index (χ4n) is 4.16. The van der Waals surface area contributed by atoms with Gasteiger partial charge in [-0.15, -0.1) is 4.91 Å². The van der Waals surface area contributed by atoms with Crippen LogP contribution in [0.4, 0.5) is 5.69 Å². The molecule has 0 saturated carbocycles. The lowest BCUT2D eigenvalue weighted by Crippen LogP contribution is -2.27. The smallest absolute Gasteiger partial charge is 0.203 e. The number of nitrogens with zero attached hydrogens (tertiary/aromatic N) is 1. The van der Waals surface area contributed by atoms with Crippen LogP contribution in [0.5, 0.6) is 17.2 Å². The van der Waals surface area contributed by atoms with Crippen LogP contribution in [0.25, 0.3) is 6.08 Å². The van der Waals surface area contributed by atoms with Crippen molar-refractivity contribution in [1.82, 2.24) is 0 Å². The van der Waals surface area contributed by atoms with Gasteiger partial charge in [-0.2, -0.15) is 0 Å². The molecule has 1 heterocycles. The fourth-order valence-corrected chi connectivity index (χ4v) is 4.16. The van der Waals surface area contributed by atoms with Gasteiger partial charge in [-0.05, 0) is 85.1 Å². The summed E-state index contributed by atoms with van der Waals surface area (Å²) >= 11 is 0. The van der Waals surface area contributed by atoms with Crippen molar-refractivity contribution >= 4 is 17.5 Å². The molecule has 1 N–H and O–H groups in total. The Hall–Kier alpha value is -3.97. The summed E-state index contributed by atoms with van der Waals surface area (Å²) in [6, 6.07) is 15.9. The fraction of sp³-hybridized carbons (Fsp3) is 0.300. The van der Waals surface area contributed by atoms with Crippen LogP contribution in [-0.2, 0) is 19.6 Å². The van der Waals surface area contributed by atoms with Crippen LogP contribution in [-0.4, -0.2) is 23.1 Å². The Morgan fingerprint density at radius 3 is 2.49 bits per heavy atom. The minimum Gasteiger partial charge on any atom is -0.488 e. The summed E-state index contributed by atoms with van der Waals surface area (Å²) in [6.07, 6.45) is 5.64. The van der Waals surface area contributed by atoms with Gasteiger partial charge in [0, 0.05) is 5.56 Å². The number of Topliss-reactive ketones (excluding diaryl/α,β-unsaturated/α-hetero) is 1. The van der Waals surface area contributed by atoms with Crippen molar-refractivity contribution in [2.45, 2.75) is 52.4 Å². The highest BCUT2D eigenvalue weighted by atomic mass is 16.5. The monoisotopic (exact) mass is 501 g/mol. The van der Waals surface area contributed by atoms with Crippen LogP contribution < -0.4 is 14.2 Å². The number of carbonyl (C=O) groups is 1. The standard InChI is InChI=1S/C30H31NO6/c1-4-5-20-8-12-24(28(16-20)35-18-21-6-10-23(31-34)11-7-21)26(33)19-36-29-22(17-32)9-13-27-25(29)14-15-30(2,3)37-27/h6-16,32H,4-5,17-19H2,1-3H3. The van der Waals surface area contributed by atoms with Gasteiger partial charge in [-0.1, -0.05) is 31.5 Å². The molecule has 0 fully saturated rings. The topological polar surface area (TPSA) is 94.4 Å². The zero-order valence-electron chi connectivity index (χ0n) is 21.3. The number of aliphatic hydroxyl groups excluding tert-OH is 1. The maximum atomic E-state index is 13.3. The molecule has 0 spiro atoms. The first kappa shape index (κ1) is 26.1. The molecule has 0 amide bonds. The number of fused-ring (bicyclic) bond motifs is 1. The van der Waals surface area contributed by atoms with Gasteiger partial charge < -0.3 is 19.3 Å². The quantitative estimate of drug-likeness (QED) is 0.236. The Morgan fingerprint density at radius 2 is 1.78 bits per heavy atom. The van der Waals surface area contributed by atoms with Crippen molar-refractivity contribution in [2.75, 3.05) is 6.61 Å². The Kier molecular flexibility index (Phi) is 8.04. The van der Waals surface area contributed by atoms with E-state index in [1.807, 2.05) is 38.1 Å². The average Bonchev–Trinajstić information content (AvgIpc) is 2.90. The van der Waals surface area contributed by atoms with Gasteiger partial charge in [0.05, 0.1) is 17.7 Å². The molecule has 0 atom stereocenters. The molecular formula is C30H31NO6. The minimum atomic E-state index is -0.461. The minimum absolute atomic E-state index is 0.230. The molecule has 3 aromatic carbocycles. The third kappa shape index (κ3) is 6.24. The van der Waals surface area contributed by atoms with Crippen LogP contribution in [0.3, 0.4) is 0 Å². The van der Waals surface area contributed by atoms with Crippen LogP contribution in [0, 0.1) is 4.91 Å². The molecule has 7 nitrogen and oxygen atoms in total. The first-order valence-electron chi connectivity index (χ1n) is 12.3. The third-order valence-electron chi connectivity index (χ3n) is 6.10. The number of hydrogen-bond donors (Lipinski definition) is 1. The number of ether oxygens (including phenoxy) is 3. The maximum Gasteiger partial charge on any atom is 0.203 e. The van der Waals surface area contributed by atoms with Crippen molar-refractivity contribution in [2.24, 2.45) is 5.18 Å². The lowest BCUT2D eigenvalue weighted by atomic mass is 9.99. The molecule has 0 radical (unpaired) electrons. The molecule has 4 rings (SSSR count). The van der Waals surface area contributed by atoms with E-state index in [2.05, 4.69) is 12.1 Å². The number of aliphatic hydroxyl groups is 1. The van der Waals surface area contributed by atoms with Crippen molar-refractivity contribution in [3.05, 3.63) is 93.4 Å². The number of carbonyl (C=O) groups excluding carboxylic acids is 1. The molecule has 0 unspecified atom stereocenters. The van der Waals surface area contributed by atoms with Gasteiger partial charge in [0.25, 0.3) is 0 Å². The molecule has 1 aliphatic rings. The van der Waals surface area contributed by atoms with Crippen LogP contribution in [0.1, 0.15) is 59.8 Å². The Labute approximate surface area is 216 Å². The number of hydrogen-bond acceptors (Lipinski definition) is 7. The van der Waals surface area contributed by atoms with E-state index in [0.717, 1.165) is 24.0 Å². The van der Waals surface area contributed by atoms with Gasteiger partial charge in [0.1, 0.15) is 35.1 Å². The van der Waals surface area contributed by atoms with E-state index in [9.17, 15) is 14.8 Å². The van der Waals surface area contributed by atoms with Gasteiger partial charge in [0.15, 0.2) is 6.61 Å². The highest BCUT2D eigenvalue weighted by Crippen LogP contribution is 2.39. The summed E-state index contributed by atoms with van der Waals surface area (Å²) in [6.45, 7) is 5.76. The molecule has 0 bridgehead atoms. The molecule has 3 aromatic rings. The molecule has 0 saturated heterocycles. The van der Waals surface area contributed by atoms with E-state index in [-0.39, 0.29) is 25.6 Å². The molecular weight excluding hydrogens is 470 g/mol. The van der Waals surface area contributed by atoms with E-state index in [1.165, 1.54) is 0 Å². The second-order valence-corrected chi connectivity index (χ2v) is 9.50. The molecule has 37 heavy (non-hydrogen) atoms. The van der Waals surface area contributed by atoms with E-state index in [0.29, 0.717) is 39.6 Å². The average molecular weight is 502 g/mol. The molecule has 0 aromatic heterocycles. The SMILES string of the molecule is CCCc1ccc(C(=O)COc2c(CO)ccc3c2C=CC(C)(C)O3)c(OCc2ccc(N=O)cc2)c1. The normalized spacial score (nSPS) is 13.4. The lowest BCUT2D eigenvalue weighted by Gasteiger charge is -2.29. The molecule has 0 aliphatic carbocycles. The predicted octanol–water partition coefficient (Wildman–Crippen LogP) is 6.55. The van der Waals surface area contributed by atoms with E-state index >= 15 is 0 Å². The lowest BCUT2D eigenvalue weighted by molar-refractivity contribution is 0.0913. The van der Waals surface area contributed by atoms with Gasteiger partial charge in [-0.25, -0.2) is 0 Å². The van der Waals surface area contributed by atoms with Crippen LogP contribution >= 0.6 is 0 Å². The maximum absolute atomic E-state index is 13.3. The Bertz CT molecular complexity index is 1310. The largest absolute Gasteiger partial charge is 0.488 e. The molecule has 1 aliphatic heterocycles. The van der Waals surface area contributed by atoms with Crippen molar-refractivity contribution in [1.29, 1.82) is 0 Å². The van der Waals surface area contributed by atoms with Crippen molar-refractivity contribution < 1.29 is 24.1 Å². The number of nitroso groups, excluding NO2 is 1. The van der Waals surface area contributed by atoms with E-state index in [4.69, 9.17) is 14.2 Å². The number of aryl methyl sites for hydroxylation is 1. The molecule has 192 valence electrons. The number of ketones is 1. The van der Waals surface area contributed by atoms with Crippen molar-refractivity contribution in [3.8, 4) is 17.2 Å². The van der Waals surface area contributed by atoms with Crippen LogP contribution in [0.15, 0.2) is 65.9 Å². The summed E-state index contributed by atoms with van der Waals surface area (Å²) in [5.41, 5.74) is 3.48. The van der Waals surface area contributed by atoms with Gasteiger partial charge in [-0.3, -0.25) is 4.79 Å². The zero-order valence-corrected chi connectivity index (χ0v) is 21.3. The third-order valence-corrected chi connectivity index (χ3v) is 6.10. The summed E-state index contributed by atoms with van der Waals surface area (Å²) < 4.78 is 18.1.